The lowest BCUT2D eigenvalue weighted by Gasteiger charge is -2.35. The van der Waals surface area contributed by atoms with Gasteiger partial charge in [0.1, 0.15) is 0 Å². The molecule has 2 aromatic rings. The molecule has 0 aliphatic carbocycles. The van der Waals surface area contributed by atoms with Gasteiger partial charge < -0.3 is 15.7 Å². The summed E-state index contributed by atoms with van der Waals surface area (Å²) >= 11 is 0. The summed E-state index contributed by atoms with van der Waals surface area (Å²) in [7, 11) is 0. The van der Waals surface area contributed by atoms with Crippen LogP contribution in [0.5, 0.6) is 0 Å². The summed E-state index contributed by atoms with van der Waals surface area (Å²) in [4.78, 5) is 26.9. The minimum atomic E-state index is -0.706. The Morgan fingerprint density at radius 1 is 1.26 bits per heavy atom. The third-order valence-electron chi connectivity index (χ3n) is 4.95. The quantitative estimate of drug-likeness (QED) is 0.719. The number of amides is 2. The Bertz CT molecular complexity index is 829. The number of nitrogens with one attached hydrogen (secondary N) is 2. The fraction of sp³-hybridized carbons (Fsp3) is 0.429. The normalized spacial score (nSPS) is 18.3. The van der Waals surface area contributed by atoms with Crippen LogP contribution in [-0.4, -0.2) is 53.1 Å². The van der Waals surface area contributed by atoms with E-state index in [0.29, 0.717) is 19.6 Å². The van der Waals surface area contributed by atoms with Gasteiger partial charge >= 0.3 is 0 Å². The van der Waals surface area contributed by atoms with Gasteiger partial charge in [-0.3, -0.25) is 14.5 Å². The average Bonchev–Trinajstić information content (AvgIpc) is 2.64. The zero-order valence-electron chi connectivity index (χ0n) is 15.9. The minimum absolute atomic E-state index is 0.0695. The van der Waals surface area contributed by atoms with E-state index in [1.54, 1.807) is 13.8 Å². The van der Waals surface area contributed by atoms with Crippen LogP contribution >= 0.6 is 0 Å². The van der Waals surface area contributed by atoms with Crippen LogP contribution in [0.15, 0.2) is 42.5 Å². The molecule has 3 N–H and O–H groups in total. The molecule has 6 heteroatoms. The van der Waals surface area contributed by atoms with Gasteiger partial charge in [-0.1, -0.05) is 42.5 Å². The van der Waals surface area contributed by atoms with Gasteiger partial charge in [-0.15, -0.1) is 0 Å². The molecule has 1 aliphatic rings. The summed E-state index contributed by atoms with van der Waals surface area (Å²) in [5, 5.41) is 17.3. The summed E-state index contributed by atoms with van der Waals surface area (Å²) in [5.41, 5.74) is 0.437. The molecule has 6 nitrogen and oxygen atoms in total. The fourth-order valence-corrected chi connectivity index (χ4v) is 3.47. The van der Waals surface area contributed by atoms with E-state index in [9.17, 15) is 14.7 Å². The van der Waals surface area contributed by atoms with Crippen molar-refractivity contribution in [2.24, 2.45) is 0 Å². The molecular formula is C21H27N3O3. The summed E-state index contributed by atoms with van der Waals surface area (Å²) < 4.78 is 0. The first-order valence-corrected chi connectivity index (χ1v) is 9.30. The first-order chi connectivity index (χ1) is 12.9. The highest BCUT2D eigenvalue weighted by Crippen LogP contribution is 2.22. The van der Waals surface area contributed by atoms with E-state index in [1.165, 1.54) is 0 Å². The van der Waals surface area contributed by atoms with E-state index in [4.69, 9.17) is 0 Å². The SMILES string of the molecule is CC(C)(CO)NC(=O)CC1C(=O)NCCN1Cc1cccc2ccccc12. The van der Waals surface area contributed by atoms with Crippen molar-refractivity contribution in [2.45, 2.75) is 38.4 Å². The predicted molar refractivity (Wildman–Crippen MR) is 105 cm³/mol. The maximum atomic E-state index is 12.4. The van der Waals surface area contributed by atoms with Gasteiger partial charge in [0.2, 0.25) is 11.8 Å². The van der Waals surface area contributed by atoms with Crippen molar-refractivity contribution in [3.8, 4) is 0 Å². The minimum Gasteiger partial charge on any atom is -0.394 e. The zero-order chi connectivity index (χ0) is 19.4. The third kappa shape index (κ3) is 4.64. The number of aliphatic hydroxyl groups excluding tert-OH is 1. The molecule has 1 saturated heterocycles. The van der Waals surface area contributed by atoms with Gasteiger partial charge in [-0.2, -0.15) is 0 Å². The number of hydrogen-bond donors (Lipinski definition) is 3. The van der Waals surface area contributed by atoms with Crippen molar-refractivity contribution < 1.29 is 14.7 Å². The van der Waals surface area contributed by atoms with Gasteiger partial charge in [0.05, 0.1) is 24.6 Å². The van der Waals surface area contributed by atoms with Crippen molar-refractivity contribution in [3.63, 3.8) is 0 Å². The van der Waals surface area contributed by atoms with E-state index >= 15 is 0 Å². The molecule has 3 rings (SSSR count). The van der Waals surface area contributed by atoms with Gasteiger partial charge in [0, 0.05) is 19.6 Å². The van der Waals surface area contributed by atoms with Crippen LogP contribution in [-0.2, 0) is 16.1 Å². The molecule has 1 heterocycles. The Morgan fingerprint density at radius 2 is 2.00 bits per heavy atom. The van der Waals surface area contributed by atoms with Crippen molar-refractivity contribution in [1.82, 2.24) is 15.5 Å². The van der Waals surface area contributed by atoms with Crippen LogP contribution in [0.25, 0.3) is 10.8 Å². The van der Waals surface area contributed by atoms with Crippen molar-refractivity contribution in [1.29, 1.82) is 0 Å². The van der Waals surface area contributed by atoms with Crippen LogP contribution in [0.1, 0.15) is 25.8 Å². The molecule has 1 aliphatic heterocycles. The van der Waals surface area contributed by atoms with Gasteiger partial charge in [0.25, 0.3) is 0 Å². The fourth-order valence-electron chi connectivity index (χ4n) is 3.47. The van der Waals surface area contributed by atoms with E-state index in [1.807, 2.05) is 18.2 Å². The molecule has 2 amide bonds. The van der Waals surface area contributed by atoms with Crippen LogP contribution in [0.3, 0.4) is 0 Å². The van der Waals surface area contributed by atoms with Crippen LogP contribution in [0.2, 0.25) is 0 Å². The van der Waals surface area contributed by atoms with Crippen LogP contribution in [0, 0.1) is 0 Å². The summed E-state index contributed by atoms with van der Waals surface area (Å²) in [6.45, 7) is 5.21. The Hall–Kier alpha value is -2.44. The van der Waals surface area contributed by atoms with E-state index < -0.39 is 11.6 Å². The second-order valence-electron chi connectivity index (χ2n) is 7.71. The maximum Gasteiger partial charge on any atom is 0.237 e. The Labute approximate surface area is 159 Å². The number of aliphatic hydroxyl groups is 1. The molecule has 0 radical (unpaired) electrons. The number of benzene rings is 2. The van der Waals surface area contributed by atoms with Crippen LogP contribution in [0.4, 0.5) is 0 Å². The van der Waals surface area contributed by atoms with Crippen molar-refractivity contribution in [2.75, 3.05) is 19.7 Å². The molecule has 1 atom stereocenters. The van der Waals surface area contributed by atoms with Gasteiger partial charge in [-0.25, -0.2) is 0 Å². The number of hydrogen-bond acceptors (Lipinski definition) is 4. The topological polar surface area (TPSA) is 81.7 Å². The molecule has 0 aromatic heterocycles. The molecule has 0 bridgehead atoms. The first-order valence-electron chi connectivity index (χ1n) is 9.30. The lowest BCUT2D eigenvalue weighted by atomic mass is 10.0. The van der Waals surface area contributed by atoms with Crippen molar-refractivity contribution in [3.05, 3.63) is 48.0 Å². The molecule has 0 spiro atoms. The smallest absolute Gasteiger partial charge is 0.237 e. The lowest BCUT2D eigenvalue weighted by Crippen LogP contribution is -2.57. The number of fused-ring (bicyclic) bond motifs is 1. The zero-order valence-corrected chi connectivity index (χ0v) is 15.9. The Kier molecular flexibility index (Phi) is 5.77. The van der Waals surface area contributed by atoms with E-state index in [0.717, 1.165) is 16.3 Å². The Balaban J connectivity index is 1.78. The monoisotopic (exact) mass is 369 g/mol. The molecule has 1 unspecified atom stereocenters. The molecule has 2 aromatic carbocycles. The number of carbonyl (C=O) groups is 2. The summed E-state index contributed by atoms with van der Waals surface area (Å²) in [5.74, 6) is -0.363. The highest BCUT2D eigenvalue weighted by molar-refractivity contribution is 5.89. The molecular weight excluding hydrogens is 342 g/mol. The lowest BCUT2D eigenvalue weighted by molar-refractivity contribution is -0.135. The van der Waals surface area contributed by atoms with Crippen LogP contribution < -0.4 is 10.6 Å². The third-order valence-corrected chi connectivity index (χ3v) is 4.95. The molecule has 144 valence electrons. The summed E-state index contributed by atoms with van der Waals surface area (Å²) in [6.07, 6.45) is 0.0695. The second-order valence-corrected chi connectivity index (χ2v) is 7.71. The maximum absolute atomic E-state index is 12.4. The second kappa shape index (κ2) is 8.06. The summed E-state index contributed by atoms with van der Waals surface area (Å²) in [6, 6.07) is 13.8. The number of piperazine rings is 1. The standard InChI is InChI=1S/C21H27N3O3/c1-21(2,14-25)23-19(26)12-18-20(27)22-10-11-24(18)13-16-8-5-7-15-6-3-4-9-17(15)16/h3-9,18,25H,10-14H2,1-2H3,(H,22,27)(H,23,26). The van der Waals surface area contributed by atoms with Gasteiger partial charge in [0.15, 0.2) is 0 Å². The number of rotatable bonds is 6. The van der Waals surface area contributed by atoms with Gasteiger partial charge in [-0.05, 0) is 30.2 Å². The first kappa shape index (κ1) is 19.3. The highest BCUT2D eigenvalue weighted by atomic mass is 16.3. The number of nitrogens with zero attached hydrogens (tertiary/aromatic N) is 1. The van der Waals surface area contributed by atoms with E-state index in [-0.39, 0.29) is 24.8 Å². The largest absolute Gasteiger partial charge is 0.394 e. The molecule has 0 saturated carbocycles. The van der Waals surface area contributed by atoms with E-state index in [2.05, 4.69) is 39.8 Å². The number of carbonyl (C=O) groups excluding carboxylic acids is 2. The Morgan fingerprint density at radius 3 is 2.78 bits per heavy atom. The van der Waals surface area contributed by atoms with Crippen molar-refractivity contribution >= 4 is 22.6 Å². The molecule has 27 heavy (non-hydrogen) atoms. The molecule has 1 fully saturated rings. The highest BCUT2D eigenvalue weighted by Gasteiger charge is 2.33. The predicted octanol–water partition coefficient (Wildman–Crippen LogP) is 1.42. The average molecular weight is 369 g/mol.